The molecule has 2 heterocycles. The van der Waals surface area contributed by atoms with Crippen molar-refractivity contribution in [1.82, 2.24) is 0 Å². The number of ether oxygens (including phenoxy) is 2. The van der Waals surface area contributed by atoms with E-state index >= 15 is 0 Å². The number of esters is 1. The van der Waals surface area contributed by atoms with Crippen molar-refractivity contribution in [3.05, 3.63) is 0 Å². The minimum absolute atomic E-state index is 0.00643. The number of aliphatic hydroxyl groups excluding tert-OH is 3. The predicted octanol–water partition coefficient (Wildman–Crippen LogP) is -0.00130. The monoisotopic (exact) mass is 424 g/mol. The summed E-state index contributed by atoms with van der Waals surface area (Å²) in [5.41, 5.74) is -3.37. The van der Waals surface area contributed by atoms with E-state index in [4.69, 9.17) is 9.47 Å². The lowest BCUT2D eigenvalue weighted by atomic mass is 9.35. The molecule has 2 spiro atoms. The molecule has 4 bridgehead atoms. The number of carbonyl (C=O) groups excluding carboxylic acids is 2. The summed E-state index contributed by atoms with van der Waals surface area (Å²) < 4.78 is 11.2. The highest BCUT2D eigenvalue weighted by Gasteiger charge is 2.85. The average Bonchev–Trinajstić information content (AvgIpc) is 2.88. The Bertz CT molecular complexity index is 800. The summed E-state index contributed by atoms with van der Waals surface area (Å²) >= 11 is 0. The molecule has 4 aliphatic carbocycles. The van der Waals surface area contributed by atoms with Crippen LogP contribution in [0, 0.1) is 39.9 Å². The quantitative estimate of drug-likeness (QED) is 0.455. The topological polar surface area (TPSA) is 134 Å². The summed E-state index contributed by atoms with van der Waals surface area (Å²) in [5.74, 6) is -3.95. The first-order valence-electron chi connectivity index (χ1n) is 11.0. The first kappa shape index (κ1) is 20.8. The molecule has 0 aromatic rings. The smallest absolute Gasteiger partial charge is 0.302 e. The van der Waals surface area contributed by atoms with Crippen LogP contribution in [0.3, 0.4) is 0 Å². The van der Waals surface area contributed by atoms with Crippen LogP contribution in [0.5, 0.6) is 0 Å². The van der Waals surface area contributed by atoms with E-state index in [1.165, 1.54) is 6.92 Å². The largest absolute Gasteiger partial charge is 0.465 e. The normalized spacial score (nSPS) is 58.9. The van der Waals surface area contributed by atoms with Gasteiger partial charge < -0.3 is 29.9 Å². The van der Waals surface area contributed by atoms with Gasteiger partial charge in [-0.2, -0.15) is 0 Å². The number of hydrogen-bond donors (Lipinski definition) is 4. The Morgan fingerprint density at radius 3 is 2.60 bits per heavy atom. The second kappa shape index (κ2) is 6.04. The lowest BCUT2D eigenvalue weighted by molar-refractivity contribution is -0.455. The van der Waals surface area contributed by atoms with E-state index in [1.807, 2.05) is 6.92 Å². The van der Waals surface area contributed by atoms with Crippen molar-refractivity contribution in [1.29, 1.82) is 0 Å². The van der Waals surface area contributed by atoms with Gasteiger partial charge in [0.15, 0.2) is 0 Å². The number of fused-ring (bicyclic) bond motifs is 2. The van der Waals surface area contributed by atoms with E-state index in [0.29, 0.717) is 12.8 Å². The molecular weight excluding hydrogens is 392 g/mol. The minimum atomic E-state index is -2.08. The fourth-order valence-corrected chi connectivity index (χ4v) is 8.41. The summed E-state index contributed by atoms with van der Waals surface area (Å²) in [4.78, 5) is 25.1. The predicted molar refractivity (Wildman–Crippen MR) is 102 cm³/mol. The van der Waals surface area contributed by atoms with Crippen LogP contribution >= 0.6 is 0 Å². The second-order valence-corrected chi connectivity index (χ2v) is 10.8. The molecule has 4 N–H and O–H groups in total. The summed E-state index contributed by atoms with van der Waals surface area (Å²) in [5, 5.41) is 45.6. The van der Waals surface area contributed by atoms with Crippen molar-refractivity contribution in [3.63, 3.8) is 0 Å². The summed E-state index contributed by atoms with van der Waals surface area (Å²) in [6, 6.07) is 0. The van der Waals surface area contributed by atoms with Crippen molar-refractivity contribution in [2.75, 3.05) is 13.2 Å². The van der Waals surface area contributed by atoms with Gasteiger partial charge in [0, 0.05) is 36.0 Å². The minimum Gasteiger partial charge on any atom is -0.465 e. The van der Waals surface area contributed by atoms with E-state index in [2.05, 4.69) is 0 Å². The third-order valence-corrected chi connectivity index (χ3v) is 9.82. The lowest BCUT2D eigenvalue weighted by Gasteiger charge is -2.74. The van der Waals surface area contributed by atoms with Crippen LogP contribution in [0.2, 0.25) is 0 Å². The van der Waals surface area contributed by atoms with Crippen LogP contribution in [-0.4, -0.2) is 69.5 Å². The second-order valence-electron chi connectivity index (χ2n) is 10.8. The number of ketones is 1. The molecule has 0 unspecified atom stereocenters. The first-order valence-corrected chi connectivity index (χ1v) is 11.0. The fraction of sp³-hybridized carbons (Fsp3) is 0.909. The molecule has 0 aromatic heterocycles. The number of carbonyl (C=O) groups is 2. The third-order valence-electron chi connectivity index (χ3n) is 9.82. The molecule has 0 radical (unpaired) electrons. The van der Waals surface area contributed by atoms with Gasteiger partial charge in [-0.15, -0.1) is 0 Å². The van der Waals surface area contributed by atoms with E-state index in [0.717, 1.165) is 6.42 Å². The molecule has 0 amide bonds. The van der Waals surface area contributed by atoms with Crippen molar-refractivity contribution in [3.8, 4) is 0 Å². The molecule has 4 saturated carbocycles. The van der Waals surface area contributed by atoms with Crippen molar-refractivity contribution < 1.29 is 39.5 Å². The molecule has 6 rings (SSSR count). The van der Waals surface area contributed by atoms with Gasteiger partial charge in [0.05, 0.1) is 30.8 Å². The average molecular weight is 424 g/mol. The Balaban J connectivity index is 1.70. The van der Waals surface area contributed by atoms with Gasteiger partial charge in [-0.3, -0.25) is 9.59 Å². The van der Waals surface area contributed by atoms with E-state index < -0.39 is 52.2 Å². The first-order chi connectivity index (χ1) is 14.0. The molecule has 2 saturated heterocycles. The maximum absolute atomic E-state index is 13.6. The highest BCUT2D eigenvalue weighted by Crippen LogP contribution is 2.76. The molecule has 168 valence electrons. The summed E-state index contributed by atoms with van der Waals surface area (Å²) in [7, 11) is 0. The van der Waals surface area contributed by atoms with Gasteiger partial charge in [-0.25, -0.2) is 0 Å². The third kappa shape index (κ3) is 2.01. The Morgan fingerprint density at radius 2 is 1.93 bits per heavy atom. The Morgan fingerprint density at radius 1 is 1.23 bits per heavy atom. The molecule has 0 aromatic carbocycles. The lowest BCUT2D eigenvalue weighted by Crippen LogP contribution is -2.85. The van der Waals surface area contributed by atoms with E-state index in [1.54, 1.807) is 6.92 Å². The molecule has 11 atom stereocenters. The van der Waals surface area contributed by atoms with Crippen molar-refractivity contribution >= 4 is 11.8 Å². The van der Waals surface area contributed by atoms with Crippen LogP contribution in [0.25, 0.3) is 0 Å². The van der Waals surface area contributed by atoms with Crippen LogP contribution in [0.1, 0.15) is 46.5 Å². The van der Waals surface area contributed by atoms with Crippen LogP contribution < -0.4 is 0 Å². The maximum Gasteiger partial charge on any atom is 0.302 e. The zero-order valence-electron chi connectivity index (χ0n) is 17.7. The Hall–Kier alpha value is -1.06. The number of Topliss-reactive ketones (excluding diaryl/α,β-unsaturated/α-hetero) is 1. The molecular formula is C22H32O8. The van der Waals surface area contributed by atoms with Crippen LogP contribution in [-0.2, 0) is 19.1 Å². The Kier molecular flexibility index (Phi) is 4.19. The number of hydrogen-bond acceptors (Lipinski definition) is 8. The van der Waals surface area contributed by atoms with E-state index in [9.17, 15) is 30.0 Å². The summed E-state index contributed by atoms with van der Waals surface area (Å²) in [6.45, 7) is 4.72. The molecule has 6 aliphatic rings. The standard InChI is InChI=1S/C22H32O8/c1-10-12-4-5-13-20-9-30-22(28,21(13,7-12)17(10)26)18(27)16(20)19(3,8-29-11(2)23)14(24)6-15(20)25/h10,12-16,18,24-25,27-28H,4-9H2,1-3H3/t10-,12-,13+,14+,15-,16-,18+,19-,20-,21+,22+/m1/s1. The SMILES string of the molecule is CC(=O)OC[C@@]1(C)[C@H]2[C@H](O)[C@]3(O)OC[C@]2([C@H](O)C[C@@H]1O)[C@@H]1CC[C@@H]2C[C@@]13C(=O)[C@@H]2C. The van der Waals surface area contributed by atoms with Crippen LogP contribution in [0.4, 0.5) is 0 Å². The van der Waals surface area contributed by atoms with Gasteiger partial charge in [0.2, 0.25) is 5.79 Å². The molecule has 6 fully saturated rings. The summed E-state index contributed by atoms with van der Waals surface area (Å²) in [6.07, 6.45) is -1.63. The highest BCUT2D eigenvalue weighted by molar-refractivity contribution is 5.91. The Labute approximate surface area is 175 Å². The highest BCUT2D eigenvalue weighted by atomic mass is 16.6. The van der Waals surface area contributed by atoms with Gasteiger partial charge in [-0.05, 0) is 31.1 Å². The van der Waals surface area contributed by atoms with Gasteiger partial charge in [0.25, 0.3) is 0 Å². The zero-order chi connectivity index (χ0) is 21.9. The molecule has 30 heavy (non-hydrogen) atoms. The molecule has 8 heteroatoms. The number of rotatable bonds is 2. The van der Waals surface area contributed by atoms with Gasteiger partial charge >= 0.3 is 5.97 Å². The molecule has 2 aliphatic heterocycles. The van der Waals surface area contributed by atoms with Crippen molar-refractivity contribution in [2.45, 2.75) is 70.6 Å². The van der Waals surface area contributed by atoms with Gasteiger partial charge in [-0.1, -0.05) is 13.8 Å². The van der Waals surface area contributed by atoms with Crippen molar-refractivity contribution in [2.24, 2.45) is 39.9 Å². The number of aliphatic hydroxyl groups is 4. The zero-order valence-corrected chi connectivity index (χ0v) is 17.7. The van der Waals surface area contributed by atoms with Gasteiger partial charge in [0.1, 0.15) is 11.9 Å². The maximum atomic E-state index is 13.6. The van der Waals surface area contributed by atoms with E-state index in [-0.39, 0.29) is 43.2 Å². The molecule has 8 nitrogen and oxygen atoms in total. The van der Waals surface area contributed by atoms with Crippen LogP contribution in [0.15, 0.2) is 0 Å². The fourth-order valence-electron chi connectivity index (χ4n) is 8.41.